The molecule has 3 aliphatic rings. The summed E-state index contributed by atoms with van der Waals surface area (Å²) in [4.78, 5) is 6.11. The highest BCUT2D eigenvalue weighted by molar-refractivity contribution is 5.83. The first-order valence-corrected chi connectivity index (χ1v) is 9.32. The Morgan fingerprint density at radius 3 is 3.04 bits per heavy atom. The number of hydrogen-bond acceptors (Lipinski definition) is 2. The van der Waals surface area contributed by atoms with E-state index < -0.39 is 0 Å². The molecule has 1 aliphatic carbocycles. The third-order valence-corrected chi connectivity index (χ3v) is 6.48. The average Bonchev–Trinajstić information content (AvgIpc) is 3.20. The van der Waals surface area contributed by atoms with Gasteiger partial charge in [-0.2, -0.15) is 0 Å². The molecule has 2 saturated heterocycles. The Morgan fingerprint density at radius 1 is 1.13 bits per heavy atom. The van der Waals surface area contributed by atoms with Crippen LogP contribution < -0.4 is 0 Å². The first kappa shape index (κ1) is 14.1. The van der Waals surface area contributed by atoms with Crippen LogP contribution in [0.25, 0.3) is 10.9 Å². The summed E-state index contributed by atoms with van der Waals surface area (Å²) >= 11 is 0. The summed E-state index contributed by atoms with van der Waals surface area (Å²) in [5, 5.41) is 1.38. The van der Waals surface area contributed by atoms with E-state index in [9.17, 15) is 0 Å². The monoisotopic (exact) mass is 310 g/mol. The number of nitrogens with zero attached hydrogens (tertiary/aromatic N) is 1. The Morgan fingerprint density at radius 2 is 2.04 bits per heavy atom. The van der Waals surface area contributed by atoms with Crippen LogP contribution in [0.15, 0.2) is 30.5 Å². The van der Waals surface area contributed by atoms with Gasteiger partial charge in [0.05, 0.1) is 6.61 Å². The van der Waals surface area contributed by atoms with Gasteiger partial charge in [0.25, 0.3) is 0 Å². The summed E-state index contributed by atoms with van der Waals surface area (Å²) in [6, 6.07) is 9.20. The average molecular weight is 310 g/mol. The van der Waals surface area contributed by atoms with Crippen LogP contribution in [0.5, 0.6) is 0 Å². The highest BCUT2D eigenvalue weighted by Gasteiger charge is 2.45. The zero-order chi connectivity index (χ0) is 15.2. The van der Waals surface area contributed by atoms with Gasteiger partial charge in [0, 0.05) is 35.6 Å². The molecule has 0 amide bonds. The molecule has 122 valence electrons. The summed E-state index contributed by atoms with van der Waals surface area (Å²) in [6.45, 7) is 2.15. The smallest absolute Gasteiger partial charge is 0.114 e. The van der Waals surface area contributed by atoms with Crippen molar-refractivity contribution in [3.63, 3.8) is 0 Å². The van der Waals surface area contributed by atoms with Crippen molar-refractivity contribution in [1.29, 1.82) is 0 Å². The van der Waals surface area contributed by atoms with Crippen molar-refractivity contribution in [1.82, 2.24) is 9.88 Å². The van der Waals surface area contributed by atoms with Crippen LogP contribution in [0.3, 0.4) is 0 Å². The first-order valence-electron chi connectivity index (χ1n) is 9.32. The molecule has 23 heavy (non-hydrogen) atoms. The van der Waals surface area contributed by atoms with Gasteiger partial charge in [0.15, 0.2) is 0 Å². The molecule has 1 aromatic carbocycles. The number of rotatable bonds is 2. The normalized spacial score (nSPS) is 34.4. The van der Waals surface area contributed by atoms with E-state index in [1.54, 1.807) is 0 Å². The van der Waals surface area contributed by atoms with Gasteiger partial charge in [-0.1, -0.05) is 31.0 Å². The van der Waals surface area contributed by atoms with Crippen molar-refractivity contribution in [2.24, 2.45) is 11.8 Å². The van der Waals surface area contributed by atoms with Crippen molar-refractivity contribution in [2.75, 3.05) is 13.2 Å². The number of para-hydroxylation sites is 1. The highest BCUT2D eigenvalue weighted by atomic mass is 16.5. The molecule has 4 atom stereocenters. The lowest BCUT2D eigenvalue weighted by Crippen LogP contribution is -2.50. The Kier molecular flexibility index (Phi) is 3.45. The third kappa shape index (κ3) is 2.33. The Bertz CT molecular complexity index is 694. The van der Waals surface area contributed by atoms with Gasteiger partial charge in [-0.3, -0.25) is 4.90 Å². The molecule has 2 aromatic rings. The molecule has 3 fully saturated rings. The Hall–Kier alpha value is -1.32. The fourth-order valence-electron chi connectivity index (χ4n) is 5.30. The van der Waals surface area contributed by atoms with Crippen molar-refractivity contribution >= 4 is 10.9 Å². The van der Waals surface area contributed by atoms with Crippen LogP contribution >= 0.6 is 0 Å². The van der Waals surface area contributed by atoms with Crippen molar-refractivity contribution < 1.29 is 4.74 Å². The minimum Gasteiger partial charge on any atom is -0.361 e. The summed E-state index contributed by atoms with van der Waals surface area (Å²) in [7, 11) is 0. The van der Waals surface area contributed by atoms with Gasteiger partial charge in [0.1, 0.15) is 6.23 Å². The van der Waals surface area contributed by atoms with Crippen LogP contribution in [0.4, 0.5) is 0 Å². The maximum Gasteiger partial charge on any atom is 0.114 e. The van der Waals surface area contributed by atoms with E-state index in [1.807, 2.05) is 0 Å². The summed E-state index contributed by atoms with van der Waals surface area (Å²) < 4.78 is 6.32. The number of H-pyrrole nitrogens is 1. The molecular formula is C20H26N2O. The SMILES string of the molecule is c1ccc2c(C[C@H]3CO[C@@H]4[C@H]5CCCC[C@@H]5CCN34)c[nH]c2c1. The molecule has 3 heteroatoms. The van der Waals surface area contributed by atoms with Crippen molar-refractivity contribution in [2.45, 2.75) is 50.8 Å². The van der Waals surface area contributed by atoms with Crippen LogP contribution in [0, 0.1) is 11.8 Å². The number of aromatic nitrogens is 1. The summed E-state index contributed by atoms with van der Waals surface area (Å²) in [6.07, 6.45) is 10.8. The molecule has 1 saturated carbocycles. The largest absolute Gasteiger partial charge is 0.361 e. The van der Waals surface area contributed by atoms with Crippen LogP contribution in [0.2, 0.25) is 0 Å². The van der Waals surface area contributed by atoms with E-state index in [0.29, 0.717) is 12.3 Å². The molecule has 3 heterocycles. The molecular weight excluding hydrogens is 284 g/mol. The molecule has 5 rings (SSSR count). The second kappa shape index (κ2) is 5.64. The fraction of sp³-hybridized carbons (Fsp3) is 0.600. The topological polar surface area (TPSA) is 28.3 Å². The fourth-order valence-corrected chi connectivity index (χ4v) is 5.30. The number of fused-ring (bicyclic) bond motifs is 4. The van der Waals surface area contributed by atoms with E-state index in [-0.39, 0.29) is 0 Å². The third-order valence-electron chi connectivity index (χ3n) is 6.48. The number of hydrogen-bond donors (Lipinski definition) is 1. The van der Waals surface area contributed by atoms with Crippen LogP contribution in [-0.4, -0.2) is 35.3 Å². The molecule has 0 spiro atoms. The lowest BCUT2D eigenvalue weighted by Gasteiger charge is -2.45. The number of piperidine rings is 1. The quantitative estimate of drug-likeness (QED) is 0.910. The van der Waals surface area contributed by atoms with Gasteiger partial charge in [0.2, 0.25) is 0 Å². The van der Waals surface area contributed by atoms with E-state index in [2.05, 4.69) is 40.3 Å². The zero-order valence-corrected chi connectivity index (χ0v) is 13.7. The maximum absolute atomic E-state index is 6.32. The second-order valence-electron chi connectivity index (χ2n) is 7.68. The molecule has 1 aromatic heterocycles. The van der Waals surface area contributed by atoms with Gasteiger partial charge < -0.3 is 9.72 Å². The minimum absolute atomic E-state index is 0.407. The number of ether oxygens (including phenoxy) is 1. The minimum atomic E-state index is 0.407. The maximum atomic E-state index is 6.32. The van der Waals surface area contributed by atoms with Gasteiger partial charge in [-0.25, -0.2) is 0 Å². The lowest BCUT2D eigenvalue weighted by molar-refractivity contribution is -0.0796. The van der Waals surface area contributed by atoms with Crippen molar-refractivity contribution in [3.05, 3.63) is 36.0 Å². The van der Waals surface area contributed by atoms with E-state index in [0.717, 1.165) is 24.9 Å². The predicted molar refractivity (Wildman–Crippen MR) is 92.3 cm³/mol. The van der Waals surface area contributed by atoms with Gasteiger partial charge in [-0.05, 0) is 43.2 Å². The second-order valence-corrected chi connectivity index (χ2v) is 7.68. The predicted octanol–water partition coefficient (Wildman–Crippen LogP) is 3.95. The summed E-state index contributed by atoms with van der Waals surface area (Å²) in [5.74, 6) is 1.72. The molecule has 0 radical (unpaired) electrons. The van der Waals surface area contributed by atoms with Gasteiger partial charge in [-0.15, -0.1) is 0 Å². The lowest BCUT2D eigenvalue weighted by atomic mass is 9.74. The first-order chi connectivity index (χ1) is 11.4. The van der Waals surface area contributed by atoms with Gasteiger partial charge >= 0.3 is 0 Å². The number of aromatic amines is 1. The van der Waals surface area contributed by atoms with Crippen LogP contribution in [0.1, 0.15) is 37.7 Å². The molecule has 0 bridgehead atoms. The van der Waals surface area contributed by atoms with E-state index >= 15 is 0 Å². The van der Waals surface area contributed by atoms with Crippen LogP contribution in [-0.2, 0) is 11.2 Å². The molecule has 2 aliphatic heterocycles. The Balaban J connectivity index is 1.36. The Labute approximate surface area is 138 Å². The standard InChI is InChI=1S/C20H26N2O/c1-2-7-18-14(5-1)9-10-22-16(13-23-20(18)22)11-15-12-21-19-8-4-3-6-17(15)19/h3-4,6,8,12,14,16,18,20-21H,1-2,5,7,9-11,13H2/t14-,16+,18+,20-/m1/s1. The highest BCUT2D eigenvalue weighted by Crippen LogP contribution is 2.43. The number of nitrogens with one attached hydrogen (secondary N) is 1. The zero-order valence-electron chi connectivity index (χ0n) is 13.7. The summed E-state index contributed by atoms with van der Waals surface area (Å²) in [5.41, 5.74) is 2.70. The molecule has 3 nitrogen and oxygen atoms in total. The molecule has 1 N–H and O–H groups in total. The van der Waals surface area contributed by atoms with E-state index in [4.69, 9.17) is 4.74 Å². The number of benzene rings is 1. The van der Waals surface area contributed by atoms with E-state index in [1.165, 1.54) is 55.1 Å². The van der Waals surface area contributed by atoms with Crippen molar-refractivity contribution in [3.8, 4) is 0 Å². The molecule has 0 unspecified atom stereocenters.